The maximum absolute atomic E-state index is 13.6. The van der Waals surface area contributed by atoms with Gasteiger partial charge in [0.1, 0.15) is 11.4 Å². The molecule has 9 heteroatoms. The summed E-state index contributed by atoms with van der Waals surface area (Å²) in [7, 11) is 0. The van der Waals surface area contributed by atoms with E-state index in [1.165, 1.54) is 24.4 Å². The molecule has 0 unspecified atom stereocenters. The minimum Gasteiger partial charge on any atom is -0.445 e. The third-order valence-corrected chi connectivity index (χ3v) is 2.47. The lowest BCUT2D eigenvalue weighted by Crippen LogP contribution is -2.14. The molecule has 0 atom stereocenters. The molecule has 2 aromatic rings. The summed E-state index contributed by atoms with van der Waals surface area (Å²) in [6.07, 6.45) is 1.17. The van der Waals surface area contributed by atoms with Gasteiger partial charge in [-0.2, -0.15) is 0 Å². The summed E-state index contributed by atoms with van der Waals surface area (Å²) in [5, 5.41) is 22.1. The van der Waals surface area contributed by atoms with Crippen LogP contribution in [0.4, 0.5) is 10.1 Å². The molecule has 1 aromatic heterocycles. The first-order chi connectivity index (χ1) is 10.0. The number of nitro benzene ring substituents is 1. The van der Waals surface area contributed by atoms with Crippen LogP contribution in [0, 0.1) is 15.9 Å². The van der Waals surface area contributed by atoms with Gasteiger partial charge in [-0.3, -0.25) is 10.1 Å². The zero-order valence-corrected chi connectivity index (χ0v) is 10.4. The minimum absolute atomic E-state index is 0.0673. The van der Waals surface area contributed by atoms with Crippen molar-refractivity contribution >= 4 is 11.5 Å². The predicted octanol–water partition coefficient (Wildman–Crippen LogP) is 2.02. The third kappa shape index (κ3) is 3.03. The molecule has 0 radical (unpaired) electrons. The number of halogens is 1. The van der Waals surface area contributed by atoms with Gasteiger partial charge in [-0.05, 0) is 18.2 Å². The molecule has 21 heavy (non-hydrogen) atoms. The Hall–Kier alpha value is -3.23. The Bertz CT molecular complexity index is 703. The fourth-order valence-electron chi connectivity index (χ4n) is 1.50. The van der Waals surface area contributed by atoms with Crippen LogP contribution in [-0.4, -0.2) is 21.0 Å². The maximum atomic E-state index is 13.6. The van der Waals surface area contributed by atoms with Crippen LogP contribution in [0.3, 0.4) is 0 Å². The molecule has 0 saturated carbocycles. The summed E-state index contributed by atoms with van der Waals surface area (Å²) in [6.45, 7) is 0. The van der Waals surface area contributed by atoms with Crippen LogP contribution in [0.2, 0.25) is 0 Å². The zero-order chi connectivity index (χ0) is 15.4. The number of hydrogen-bond donors (Lipinski definition) is 2. The highest BCUT2D eigenvalue weighted by Crippen LogP contribution is 2.33. The quantitative estimate of drug-likeness (QED) is 0.292. The zero-order valence-electron chi connectivity index (χ0n) is 10.4. The smallest absolute Gasteiger partial charge is 0.314 e. The van der Waals surface area contributed by atoms with E-state index >= 15 is 0 Å². The molecule has 0 aliphatic rings. The molecule has 0 bridgehead atoms. The molecule has 8 nitrogen and oxygen atoms in total. The molecule has 0 saturated heterocycles. The second kappa shape index (κ2) is 5.82. The standard InChI is InChI=1S/C12H9FN4O4/c13-8-2-1-3-10(17(19)20)11(8)21-7-4-5-9(15-6-7)12(14)16-18/h1-6,18H,(H2,14,16). The van der Waals surface area contributed by atoms with Crippen molar-refractivity contribution in [1.29, 1.82) is 0 Å². The average molecular weight is 292 g/mol. The van der Waals surface area contributed by atoms with Gasteiger partial charge in [0.15, 0.2) is 11.7 Å². The van der Waals surface area contributed by atoms with E-state index in [2.05, 4.69) is 10.1 Å². The molecule has 0 spiro atoms. The summed E-state index contributed by atoms with van der Waals surface area (Å²) in [5.41, 5.74) is 5.00. The van der Waals surface area contributed by atoms with Gasteiger partial charge in [0.25, 0.3) is 0 Å². The van der Waals surface area contributed by atoms with Crippen molar-refractivity contribution in [1.82, 2.24) is 4.98 Å². The summed E-state index contributed by atoms with van der Waals surface area (Å²) in [5.74, 6) is -1.53. The van der Waals surface area contributed by atoms with Crippen LogP contribution in [0.1, 0.15) is 5.69 Å². The minimum atomic E-state index is -0.871. The predicted molar refractivity (Wildman–Crippen MR) is 69.9 cm³/mol. The van der Waals surface area contributed by atoms with E-state index in [9.17, 15) is 14.5 Å². The number of ether oxygens (including phenoxy) is 1. The number of pyridine rings is 1. The Labute approximate surface area is 117 Å². The van der Waals surface area contributed by atoms with E-state index in [0.717, 1.165) is 12.1 Å². The van der Waals surface area contributed by atoms with E-state index in [0.29, 0.717) is 0 Å². The Morgan fingerprint density at radius 2 is 2.19 bits per heavy atom. The second-order valence-corrected chi connectivity index (χ2v) is 3.81. The van der Waals surface area contributed by atoms with E-state index in [1.807, 2.05) is 0 Å². The normalized spacial score (nSPS) is 11.2. The molecular weight excluding hydrogens is 283 g/mol. The van der Waals surface area contributed by atoms with Crippen molar-refractivity contribution in [3.8, 4) is 11.5 Å². The van der Waals surface area contributed by atoms with Crippen molar-refractivity contribution in [2.75, 3.05) is 0 Å². The number of hydrogen-bond acceptors (Lipinski definition) is 6. The van der Waals surface area contributed by atoms with Crippen molar-refractivity contribution < 1.29 is 19.3 Å². The molecule has 2 rings (SSSR count). The number of nitrogens with zero attached hydrogens (tertiary/aromatic N) is 3. The van der Waals surface area contributed by atoms with Crippen LogP contribution < -0.4 is 10.5 Å². The lowest BCUT2D eigenvalue weighted by molar-refractivity contribution is -0.385. The van der Waals surface area contributed by atoms with Crippen LogP contribution in [0.25, 0.3) is 0 Å². The molecular formula is C12H9FN4O4. The van der Waals surface area contributed by atoms with Gasteiger partial charge in [0, 0.05) is 6.07 Å². The number of nitro groups is 1. The fourth-order valence-corrected chi connectivity index (χ4v) is 1.50. The maximum Gasteiger partial charge on any atom is 0.314 e. The van der Waals surface area contributed by atoms with Gasteiger partial charge in [0.2, 0.25) is 5.75 Å². The van der Waals surface area contributed by atoms with Crippen LogP contribution in [-0.2, 0) is 0 Å². The Kier molecular flexibility index (Phi) is 3.93. The molecule has 0 aliphatic carbocycles. The van der Waals surface area contributed by atoms with Gasteiger partial charge in [-0.1, -0.05) is 11.2 Å². The molecule has 108 valence electrons. The Morgan fingerprint density at radius 3 is 2.76 bits per heavy atom. The topological polar surface area (TPSA) is 124 Å². The lowest BCUT2D eigenvalue weighted by atomic mass is 10.3. The number of para-hydroxylation sites is 1. The van der Waals surface area contributed by atoms with Crippen molar-refractivity contribution in [2.24, 2.45) is 10.9 Å². The number of aromatic nitrogens is 1. The lowest BCUT2D eigenvalue weighted by Gasteiger charge is -2.07. The SMILES string of the molecule is N/C(=N/O)c1ccc(Oc2c(F)cccc2[N+](=O)[O-])cn1. The van der Waals surface area contributed by atoms with Crippen LogP contribution in [0.15, 0.2) is 41.7 Å². The largest absolute Gasteiger partial charge is 0.445 e. The highest BCUT2D eigenvalue weighted by atomic mass is 19.1. The van der Waals surface area contributed by atoms with Crippen molar-refractivity contribution in [2.45, 2.75) is 0 Å². The van der Waals surface area contributed by atoms with Gasteiger partial charge in [-0.25, -0.2) is 9.37 Å². The first-order valence-corrected chi connectivity index (χ1v) is 5.57. The second-order valence-electron chi connectivity index (χ2n) is 3.81. The molecule has 0 fully saturated rings. The highest BCUT2D eigenvalue weighted by molar-refractivity contribution is 5.95. The van der Waals surface area contributed by atoms with Gasteiger partial charge < -0.3 is 15.7 Å². The number of oxime groups is 1. The molecule has 1 aromatic carbocycles. The van der Waals surface area contributed by atoms with Crippen LogP contribution in [0.5, 0.6) is 11.5 Å². The van der Waals surface area contributed by atoms with Crippen molar-refractivity contribution in [3.05, 3.63) is 58.2 Å². The molecule has 3 N–H and O–H groups in total. The van der Waals surface area contributed by atoms with Gasteiger partial charge in [-0.15, -0.1) is 0 Å². The van der Waals surface area contributed by atoms with E-state index < -0.39 is 22.2 Å². The summed E-state index contributed by atoms with van der Waals surface area (Å²) in [6, 6.07) is 6.09. The highest BCUT2D eigenvalue weighted by Gasteiger charge is 2.20. The molecule has 0 amide bonds. The molecule has 0 aliphatic heterocycles. The number of amidine groups is 1. The van der Waals surface area contributed by atoms with E-state index in [1.54, 1.807) is 0 Å². The van der Waals surface area contributed by atoms with Gasteiger partial charge in [0.05, 0.1) is 11.1 Å². The van der Waals surface area contributed by atoms with E-state index in [-0.39, 0.29) is 17.3 Å². The summed E-state index contributed by atoms with van der Waals surface area (Å²) >= 11 is 0. The average Bonchev–Trinajstić information content (AvgIpc) is 2.49. The Morgan fingerprint density at radius 1 is 1.43 bits per heavy atom. The van der Waals surface area contributed by atoms with Gasteiger partial charge >= 0.3 is 5.69 Å². The van der Waals surface area contributed by atoms with Crippen LogP contribution >= 0.6 is 0 Å². The van der Waals surface area contributed by atoms with Crippen molar-refractivity contribution in [3.63, 3.8) is 0 Å². The Balaban J connectivity index is 2.33. The summed E-state index contributed by atoms with van der Waals surface area (Å²) in [4.78, 5) is 13.9. The first kappa shape index (κ1) is 14.2. The number of nitrogens with two attached hydrogens (primary N) is 1. The summed E-state index contributed by atoms with van der Waals surface area (Å²) < 4.78 is 18.8. The monoisotopic (exact) mass is 292 g/mol. The number of benzene rings is 1. The third-order valence-electron chi connectivity index (χ3n) is 2.47. The number of rotatable bonds is 4. The van der Waals surface area contributed by atoms with E-state index in [4.69, 9.17) is 15.7 Å². The molecule has 1 heterocycles. The fraction of sp³-hybridized carbons (Fsp3) is 0. The first-order valence-electron chi connectivity index (χ1n) is 5.57.